The Hall–Kier alpha value is -1.36. The molecule has 5 heteroatoms. The van der Waals surface area contributed by atoms with Gasteiger partial charge in [0.15, 0.2) is 0 Å². The minimum absolute atomic E-state index is 0.0780. The summed E-state index contributed by atoms with van der Waals surface area (Å²) in [5.41, 5.74) is 0. The van der Waals surface area contributed by atoms with E-state index in [4.69, 9.17) is 4.74 Å². The summed E-state index contributed by atoms with van der Waals surface area (Å²) < 4.78 is 9.60. The highest BCUT2D eigenvalue weighted by atomic mass is 16.7. The average Bonchev–Trinajstić information content (AvgIpc) is 2.27. The van der Waals surface area contributed by atoms with Crippen LogP contribution < -0.4 is 0 Å². The van der Waals surface area contributed by atoms with Gasteiger partial charge in [0.05, 0.1) is 13.0 Å². The highest BCUT2D eigenvalue weighted by molar-refractivity contribution is 5.83. The van der Waals surface area contributed by atoms with Gasteiger partial charge in [-0.05, 0) is 13.3 Å². The number of hydrogen-bond acceptors (Lipinski definition) is 5. The SMILES string of the molecule is CCOC(=O)C=CCC(=O)OC(C)(O)C(C)CC. The fraction of sp³-hybridized carbons (Fsp3) is 0.692. The van der Waals surface area contributed by atoms with E-state index in [1.807, 2.05) is 6.92 Å². The minimum Gasteiger partial charge on any atom is -0.463 e. The monoisotopic (exact) mass is 258 g/mol. The highest BCUT2D eigenvalue weighted by Crippen LogP contribution is 2.21. The van der Waals surface area contributed by atoms with Crippen molar-refractivity contribution in [2.75, 3.05) is 6.61 Å². The second kappa shape index (κ2) is 7.87. The van der Waals surface area contributed by atoms with E-state index in [0.717, 1.165) is 0 Å². The Morgan fingerprint density at radius 2 is 2.00 bits per heavy atom. The third kappa shape index (κ3) is 6.39. The van der Waals surface area contributed by atoms with Crippen molar-refractivity contribution in [3.63, 3.8) is 0 Å². The average molecular weight is 258 g/mol. The molecule has 0 aliphatic heterocycles. The topological polar surface area (TPSA) is 72.8 Å². The van der Waals surface area contributed by atoms with Crippen LogP contribution in [0, 0.1) is 5.92 Å². The van der Waals surface area contributed by atoms with Gasteiger partial charge in [-0.25, -0.2) is 4.79 Å². The van der Waals surface area contributed by atoms with Gasteiger partial charge in [-0.3, -0.25) is 4.79 Å². The summed E-state index contributed by atoms with van der Waals surface area (Å²) in [6, 6.07) is 0. The normalized spacial score (nSPS) is 16.1. The molecule has 5 nitrogen and oxygen atoms in total. The molecule has 0 rings (SSSR count). The molecule has 0 spiro atoms. The summed E-state index contributed by atoms with van der Waals surface area (Å²) in [5, 5.41) is 9.89. The maximum Gasteiger partial charge on any atom is 0.330 e. The molecule has 0 aromatic heterocycles. The van der Waals surface area contributed by atoms with Gasteiger partial charge in [0.25, 0.3) is 0 Å². The van der Waals surface area contributed by atoms with Crippen molar-refractivity contribution in [1.82, 2.24) is 0 Å². The molecule has 2 unspecified atom stereocenters. The molecule has 1 N–H and O–H groups in total. The van der Waals surface area contributed by atoms with E-state index in [1.165, 1.54) is 19.1 Å². The largest absolute Gasteiger partial charge is 0.463 e. The second-order valence-electron chi connectivity index (χ2n) is 4.20. The molecule has 0 heterocycles. The van der Waals surface area contributed by atoms with Crippen molar-refractivity contribution in [2.24, 2.45) is 5.92 Å². The molecular weight excluding hydrogens is 236 g/mol. The van der Waals surface area contributed by atoms with Gasteiger partial charge in [0.2, 0.25) is 5.79 Å². The molecule has 0 aromatic rings. The molecule has 0 saturated carbocycles. The van der Waals surface area contributed by atoms with Crippen LogP contribution in [0.2, 0.25) is 0 Å². The van der Waals surface area contributed by atoms with Crippen LogP contribution in [-0.2, 0) is 19.1 Å². The number of carbonyl (C=O) groups is 2. The van der Waals surface area contributed by atoms with Crippen LogP contribution in [-0.4, -0.2) is 29.4 Å². The first-order chi connectivity index (χ1) is 8.33. The maximum atomic E-state index is 11.4. The van der Waals surface area contributed by atoms with Gasteiger partial charge in [-0.1, -0.05) is 19.9 Å². The third-order valence-corrected chi connectivity index (χ3v) is 2.67. The zero-order valence-corrected chi connectivity index (χ0v) is 11.4. The first-order valence-corrected chi connectivity index (χ1v) is 6.11. The van der Waals surface area contributed by atoms with Gasteiger partial charge in [0, 0.05) is 18.9 Å². The number of aliphatic hydroxyl groups is 1. The predicted octanol–water partition coefficient (Wildman–Crippen LogP) is 1.79. The van der Waals surface area contributed by atoms with Crippen molar-refractivity contribution in [3.8, 4) is 0 Å². The van der Waals surface area contributed by atoms with Crippen molar-refractivity contribution in [2.45, 2.75) is 46.3 Å². The zero-order valence-electron chi connectivity index (χ0n) is 11.4. The molecular formula is C13H22O5. The Kier molecular flexibility index (Phi) is 7.27. The number of carbonyl (C=O) groups excluding carboxylic acids is 2. The van der Waals surface area contributed by atoms with Crippen LogP contribution in [0.5, 0.6) is 0 Å². The molecule has 0 saturated heterocycles. The van der Waals surface area contributed by atoms with Crippen LogP contribution in [0.15, 0.2) is 12.2 Å². The lowest BCUT2D eigenvalue weighted by Gasteiger charge is -2.28. The molecule has 18 heavy (non-hydrogen) atoms. The first kappa shape index (κ1) is 16.6. The second-order valence-corrected chi connectivity index (χ2v) is 4.20. The van der Waals surface area contributed by atoms with E-state index in [0.29, 0.717) is 6.42 Å². The lowest BCUT2D eigenvalue weighted by atomic mass is 10.00. The summed E-state index contributed by atoms with van der Waals surface area (Å²) in [7, 11) is 0. The van der Waals surface area contributed by atoms with Gasteiger partial charge in [-0.15, -0.1) is 0 Å². The summed E-state index contributed by atoms with van der Waals surface area (Å²) >= 11 is 0. The predicted molar refractivity (Wildman–Crippen MR) is 66.6 cm³/mol. The fourth-order valence-corrected chi connectivity index (χ4v) is 1.19. The number of hydrogen-bond donors (Lipinski definition) is 1. The fourth-order valence-electron chi connectivity index (χ4n) is 1.19. The van der Waals surface area contributed by atoms with E-state index in [1.54, 1.807) is 13.8 Å². The molecule has 104 valence electrons. The number of ether oxygens (including phenoxy) is 2. The third-order valence-electron chi connectivity index (χ3n) is 2.67. The van der Waals surface area contributed by atoms with E-state index in [2.05, 4.69) is 4.74 Å². The van der Waals surface area contributed by atoms with Crippen molar-refractivity contribution >= 4 is 11.9 Å². The summed E-state index contributed by atoms with van der Waals surface area (Å²) in [6.45, 7) is 7.13. The smallest absolute Gasteiger partial charge is 0.330 e. The summed E-state index contributed by atoms with van der Waals surface area (Å²) in [5.74, 6) is -2.72. The molecule has 0 radical (unpaired) electrons. The van der Waals surface area contributed by atoms with E-state index < -0.39 is 17.7 Å². The maximum absolute atomic E-state index is 11.4. The standard InChI is InChI=1S/C13H22O5/c1-5-10(3)13(4,16)18-12(15)9-7-8-11(14)17-6-2/h7-8,10,16H,5-6,9H2,1-4H3. The van der Waals surface area contributed by atoms with E-state index in [9.17, 15) is 14.7 Å². The molecule has 0 aliphatic rings. The Bertz CT molecular complexity index is 307. The Balaban J connectivity index is 4.16. The molecule has 0 fully saturated rings. The lowest BCUT2D eigenvalue weighted by molar-refractivity contribution is -0.220. The van der Waals surface area contributed by atoms with Crippen molar-refractivity contribution < 1.29 is 24.2 Å². The van der Waals surface area contributed by atoms with Crippen LogP contribution >= 0.6 is 0 Å². The minimum atomic E-state index is -1.48. The Morgan fingerprint density at radius 1 is 1.39 bits per heavy atom. The molecule has 0 bridgehead atoms. The van der Waals surface area contributed by atoms with Gasteiger partial charge >= 0.3 is 11.9 Å². The van der Waals surface area contributed by atoms with Crippen LogP contribution in [0.3, 0.4) is 0 Å². The van der Waals surface area contributed by atoms with Crippen LogP contribution in [0.4, 0.5) is 0 Å². The number of esters is 2. The molecule has 2 atom stereocenters. The van der Waals surface area contributed by atoms with E-state index >= 15 is 0 Å². The van der Waals surface area contributed by atoms with E-state index in [-0.39, 0.29) is 18.9 Å². The van der Waals surface area contributed by atoms with Crippen LogP contribution in [0.1, 0.15) is 40.5 Å². The highest BCUT2D eigenvalue weighted by Gasteiger charge is 2.30. The lowest BCUT2D eigenvalue weighted by Crippen LogP contribution is -2.37. The molecule has 0 amide bonds. The van der Waals surface area contributed by atoms with Gasteiger partial charge in [-0.2, -0.15) is 0 Å². The first-order valence-electron chi connectivity index (χ1n) is 6.11. The molecule has 0 aromatic carbocycles. The number of rotatable bonds is 7. The molecule has 0 aliphatic carbocycles. The van der Waals surface area contributed by atoms with Crippen molar-refractivity contribution in [3.05, 3.63) is 12.2 Å². The van der Waals surface area contributed by atoms with Crippen molar-refractivity contribution in [1.29, 1.82) is 0 Å². The van der Waals surface area contributed by atoms with Crippen LogP contribution in [0.25, 0.3) is 0 Å². The zero-order chi connectivity index (χ0) is 14.2. The Morgan fingerprint density at radius 3 is 2.50 bits per heavy atom. The van der Waals surface area contributed by atoms with Gasteiger partial charge in [0.1, 0.15) is 0 Å². The quantitative estimate of drug-likeness (QED) is 0.428. The summed E-state index contributed by atoms with van der Waals surface area (Å²) in [6.07, 6.45) is 3.14. The summed E-state index contributed by atoms with van der Waals surface area (Å²) in [4.78, 5) is 22.4. The Labute approximate surface area is 108 Å². The van der Waals surface area contributed by atoms with Gasteiger partial charge < -0.3 is 14.6 Å².